The third kappa shape index (κ3) is 2.51. The number of aryl methyl sites for hydroxylation is 1. The van der Waals surface area contributed by atoms with E-state index in [0.29, 0.717) is 0 Å². The van der Waals surface area contributed by atoms with Crippen molar-refractivity contribution in [3.8, 4) is 0 Å². The molecule has 2 rings (SSSR count). The van der Waals surface area contributed by atoms with E-state index in [1.54, 1.807) is 13.8 Å². The molecule has 0 N–H and O–H groups in total. The molecule has 3 nitrogen and oxygen atoms in total. The van der Waals surface area contributed by atoms with Crippen LogP contribution < -0.4 is 0 Å². The van der Waals surface area contributed by atoms with Crippen LogP contribution in [-0.4, -0.2) is 26.9 Å². The third-order valence-corrected chi connectivity index (χ3v) is 6.94. The minimum Gasteiger partial charge on any atom is -0.377 e. The number of hydrogen-bond donors (Lipinski definition) is 0. The highest BCUT2D eigenvalue weighted by molar-refractivity contribution is 7.93. The van der Waals surface area contributed by atoms with E-state index in [9.17, 15) is 8.42 Å². The van der Waals surface area contributed by atoms with Gasteiger partial charge in [0.05, 0.1) is 18.5 Å². The van der Waals surface area contributed by atoms with Crippen molar-refractivity contribution < 1.29 is 13.2 Å². The molecule has 20 heavy (non-hydrogen) atoms. The Morgan fingerprint density at radius 3 is 2.20 bits per heavy atom. The monoisotopic (exact) mass is 296 g/mol. The molecule has 0 atom stereocenters. The molecule has 0 unspecified atom stereocenters. The summed E-state index contributed by atoms with van der Waals surface area (Å²) in [6.45, 7) is 6.21. The molecule has 112 valence electrons. The van der Waals surface area contributed by atoms with Crippen molar-refractivity contribution in [3.63, 3.8) is 0 Å². The van der Waals surface area contributed by atoms with Gasteiger partial charge in [0.2, 0.25) is 0 Å². The fraction of sp³-hybridized carbons (Fsp3) is 0.625. The van der Waals surface area contributed by atoms with Crippen molar-refractivity contribution in [1.29, 1.82) is 0 Å². The zero-order chi connectivity index (χ0) is 14.8. The Balaban J connectivity index is 2.29. The highest BCUT2D eigenvalue weighted by Gasteiger charge is 2.52. The normalized spacial score (nSPS) is 18.0. The molecule has 0 saturated carbocycles. The van der Waals surface area contributed by atoms with E-state index in [4.69, 9.17) is 4.74 Å². The molecule has 1 aliphatic heterocycles. The fourth-order valence-corrected chi connectivity index (χ4v) is 4.45. The van der Waals surface area contributed by atoms with Crippen LogP contribution in [0.1, 0.15) is 44.7 Å². The van der Waals surface area contributed by atoms with Gasteiger partial charge in [0, 0.05) is 0 Å². The molecule has 1 aromatic rings. The second-order valence-corrected chi connectivity index (χ2v) is 8.70. The van der Waals surface area contributed by atoms with Crippen LogP contribution >= 0.6 is 0 Å². The van der Waals surface area contributed by atoms with Crippen LogP contribution in [0.15, 0.2) is 24.3 Å². The van der Waals surface area contributed by atoms with E-state index in [-0.39, 0.29) is 18.5 Å². The minimum absolute atomic E-state index is 0.280. The first kappa shape index (κ1) is 15.5. The van der Waals surface area contributed by atoms with Gasteiger partial charge in [-0.25, -0.2) is 8.42 Å². The van der Waals surface area contributed by atoms with Gasteiger partial charge in [0.25, 0.3) is 0 Å². The van der Waals surface area contributed by atoms with Crippen LogP contribution in [0.4, 0.5) is 0 Å². The molecule has 1 fully saturated rings. The highest BCUT2D eigenvalue weighted by Crippen LogP contribution is 2.40. The summed E-state index contributed by atoms with van der Waals surface area (Å²) in [6.07, 6.45) is 3.39. The van der Waals surface area contributed by atoms with Crippen molar-refractivity contribution in [1.82, 2.24) is 0 Å². The maximum atomic E-state index is 12.6. The maximum absolute atomic E-state index is 12.6. The predicted molar refractivity (Wildman–Crippen MR) is 81.6 cm³/mol. The SMILES string of the molecule is CCCCc1ccc(C2(S(=O)(=O)C(C)C)COC2)cc1. The summed E-state index contributed by atoms with van der Waals surface area (Å²) >= 11 is 0. The second kappa shape index (κ2) is 5.86. The number of sulfone groups is 1. The molecule has 0 spiro atoms. The molecule has 0 amide bonds. The fourth-order valence-electron chi connectivity index (χ4n) is 2.59. The van der Waals surface area contributed by atoms with E-state index >= 15 is 0 Å². The Morgan fingerprint density at radius 1 is 1.20 bits per heavy atom. The molecule has 1 aromatic carbocycles. The van der Waals surface area contributed by atoms with E-state index in [0.717, 1.165) is 18.4 Å². The Hall–Kier alpha value is -0.870. The van der Waals surface area contributed by atoms with Crippen LogP contribution in [0.25, 0.3) is 0 Å². The quantitative estimate of drug-likeness (QED) is 0.810. The number of ether oxygens (including phenoxy) is 1. The zero-order valence-corrected chi connectivity index (χ0v) is 13.4. The lowest BCUT2D eigenvalue weighted by atomic mass is 9.94. The van der Waals surface area contributed by atoms with Gasteiger partial charge in [-0.1, -0.05) is 37.6 Å². The zero-order valence-electron chi connectivity index (χ0n) is 12.6. The lowest BCUT2D eigenvalue weighted by Crippen LogP contribution is -2.55. The van der Waals surface area contributed by atoms with Crippen molar-refractivity contribution in [2.75, 3.05) is 13.2 Å². The maximum Gasteiger partial charge on any atom is 0.167 e. The Kier molecular flexibility index (Phi) is 4.55. The highest BCUT2D eigenvalue weighted by atomic mass is 32.2. The van der Waals surface area contributed by atoms with Crippen LogP contribution in [0.2, 0.25) is 0 Å². The number of rotatable bonds is 6. The van der Waals surface area contributed by atoms with Crippen molar-refractivity contribution in [3.05, 3.63) is 35.4 Å². The average molecular weight is 296 g/mol. The van der Waals surface area contributed by atoms with Crippen LogP contribution in [-0.2, 0) is 25.7 Å². The van der Waals surface area contributed by atoms with Gasteiger partial charge in [-0.15, -0.1) is 0 Å². The second-order valence-electron chi connectivity index (χ2n) is 5.88. The van der Waals surface area contributed by atoms with E-state index in [2.05, 4.69) is 19.1 Å². The summed E-state index contributed by atoms with van der Waals surface area (Å²) in [5.41, 5.74) is 2.14. The first-order valence-electron chi connectivity index (χ1n) is 7.34. The Morgan fingerprint density at radius 2 is 1.80 bits per heavy atom. The minimum atomic E-state index is -3.21. The van der Waals surface area contributed by atoms with Crippen LogP contribution in [0, 0.1) is 0 Å². The summed E-state index contributed by atoms with van der Waals surface area (Å²) in [5, 5.41) is -0.383. The largest absolute Gasteiger partial charge is 0.377 e. The molecule has 0 aromatic heterocycles. The Bertz CT molecular complexity index is 540. The van der Waals surface area contributed by atoms with E-state index < -0.39 is 14.6 Å². The summed E-state index contributed by atoms with van der Waals surface area (Å²) in [4.78, 5) is 0. The van der Waals surface area contributed by atoms with Gasteiger partial charge < -0.3 is 4.74 Å². The number of unbranched alkanes of at least 4 members (excludes halogenated alkanes) is 1. The van der Waals surface area contributed by atoms with Crippen molar-refractivity contribution >= 4 is 9.84 Å². The van der Waals surface area contributed by atoms with Gasteiger partial charge >= 0.3 is 0 Å². The molecule has 1 saturated heterocycles. The first-order chi connectivity index (χ1) is 9.44. The average Bonchev–Trinajstić information content (AvgIpc) is 2.36. The summed E-state index contributed by atoms with van der Waals surface area (Å²) < 4.78 is 29.6. The van der Waals surface area contributed by atoms with Gasteiger partial charge in [-0.2, -0.15) is 0 Å². The van der Waals surface area contributed by atoms with Gasteiger partial charge in [-0.3, -0.25) is 0 Å². The van der Waals surface area contributed by atoms with Gasteiger partial charge in [0.15, 0.2) is 9.84 Å². The molecule has 1 aliphatic rings. The third-order valence-electron chi connectivity index (χ3n) is 4.13. The number of hydrogen-bond acceptors (Lipinski definition) is 3. The van der Waals surface area contributed by atoms with Gasteiger partial charge in [-0.05, 0) is 37.8 Å². The molecule has 0 bridgehead atoms. The summed E-state index contributed by atoms with van der Waals surface area (Å²) in [6, 6.07) is 8.04. The van der Waals surface area contributed by atoms with Gasteiger partial charge in [0.1, 0.15) is 4.75 Å². The van der Waals surface area contributed by atoms with Crippen LogP contribution in [0.5, 0.6) is 0 Å². The van der Waals surface area contributed by atoms with Crippen molar-refractivity contribution in [2.45, 2.75) is 50.0 Å². The number of benzene rings is 1. The lowest BCUT2D eigenvalue weighted by Gasteiger charge is -2.42. The molecule has 0 aliphatic carbocycles. The smallest absolute Gasteiger partial charge is 0.167 e. The topological polar surface area (TPSA) is 43.4 Å². The molecule has 4 heteroatoms. The molecule has 1 heterocycles. The first-order valence-corrected chi connectivity index (χ1v) is 8.89. The van der Waals surface area contributed by atoms with Crippen LogP contribution in [0.3, 0.4) is 0 Å². The predicted octanol–water partition coefficient (Wildman–Crippen LogP) is 3.08. The molecule has 0 radical (unpaired) electrons. The summed E-state index contributed by atoms with van der Waals surface area (Å²) in [7, 11) is -3.21. The Labute approximate surface area is 122 Å². The van der Waals surface area contributed by atoms with E-state index in [1.807, 2.05) is 12.1 Å². The lowest BCUT2D eigenvalue weighted by molar-refractivity contribution is -0.0162. The van der Waals surface area contributed by atoms with E-state index in [1.165, 1.54) is 12.0 Å². The standard InChI is InChI=1S/C16H24O3S/c1-4-5-6-14-7-9-15(10-8-14)16(11-19-12-16)20(17,18)13(2)3/h7-10,13H,4-6,11-12H2,1-3H3. The molecular formula is C16H24O3S. The molecular weight excluding hydrogens is 272 g/mol. The summed E-state index contributed by atoms with van der Waals surface area (Å²) in [5.74, 6) is 0. The van der Waals surface area contributed by atoms with Crippen molar-refractivity contribution in [2.24, 2.45) is 0 Å².